The molecule has 2 aromatic carbocycles. The smallest absolute Gasteiger partial charge is 0.240 e. The van der Waals surface area contributed by atoms with Crippen LogP contribution < -0.4 is 20.9 Å². The van der Waals surface area contributed by atoms with Gasteiger partial charge in [0.15, 0.2) is 0 Å². The standard InChI is InChI=1S/C14H17N3O3S/c15-9-10-20-12-7-5-11(6-8-12)17-13-3-1-2-4-14(13)21(16,18)19/h1-8,17H,9-10,15H2,(H2,16,18,19). The van der Waals surface area contributed by atoms with E-state index in [4.69, 9.17) is 15.6 Å². The molecule has 0 bridgehead atoms. The van der Waals surface area contributed by atoms with E-state index in [2.05, 4.69) is 5.32 Å². The Morgan fingerprint density at radius 3 is 2.33 bits per heavy atom. The molecule has 21 heavy (non-hydrogen) atoms. The Bertz CT molecular complexity index is 700. The molecule has 2 rings (SSSR count). The van der Waals surface area contributed by atoms with Gasteiger partial charge >= 0.3 is 0 Å². The fourth-order valence-corrected chi connectivity index (χ4v) is 2.48. The van der Waals surface area contributed by atoms with Crippen molar-refractivity contribution in [3.05, 3.63) is 48.5 Å². The second kappa shape index (κ2) is 6.57. The van der Waals surface area contributed by atoms with Crippen LogP contribution in [-0.4, -0.2) is 21.6 Å². The molecule has 0 aromatic heterocycles. The fraction of sp³-hybridized carbons (Fsp3) is 0.143. The van der Waals surface area contributed by atoms with Crippen molar-refractivity contribution in [1.29, 1.82) is 0 Å². The molecule has 0 saturated carbocycles. The number of ether oxygens (including phenoxy) is 1. The van der Waals surface area contributed by atoms with Crippen molar-refractivity contribution < 1.29 is 13.2 Å². The maximum absolute atomic E-state index is 11.5. The summed E-state index contributed by atoms with van der Waals surface area (Å²) in [6.45, 7) is 0.892. The summed E-state index contributed by atoms with van der Waals surface area (Å²) in [5.41, 5.74) is 6.51. The first-order chi connectivity index (χ1) is 10.0. The van der Waals surface area contributed by atoms with Gasteiger partial charge in [-0.05, 0) is 36.4 Å². The molecule has 7 heteroatoms. The third-order valence-electron chi connectivity index (χ3n) is 2.71. The van der Waals surface area contributed by atoms with Crippen molar-refractivity contribution in [1.82, 2.24) is 0 Å². The summed E-state index contributed by atoms with van der Waals surface area (Å²) >= 11 is 0. The minimum Gasteiger partial charge on any atom is -0.492 e. The molecule has 0 heterocycles. The Labute approximate surface area is 123 Å². The summed E-state index contributed by atoms with van der Waals surface area (Å²) in [5, 5.41) is 8.21. The van der Waals surface area contributed by atoms with Gasteiger partial charge in [-0.15, -0.1) is 0 Å². The normalized spacial score (nSPS) is 11.1. The molecule has 0 spiro atoms. The number of nitrogens with two attached hydrogens (primary N) is 2. The van der Waals surface area contributed by atoms with Gasteiger partial charge in [-0.1, -0.05) is 12.1 Å². The van der Waals surface area contributed by atoms with Crippen molar-refractivity contribution >= 4 is 21.4 Å². The van der Waals surface area contributed by atoms with Gasteiger partial charge in [0.2, 0.25) is 10.0 Å². The maximum Gasteiger partial charge on any atom is 0.240 e. The van der Waals surface area contributed by atoms with Crippen LogP contribution in [0.3, 0.4) is 0 Å². The zero-order chi connectivity index (χ0) is 15.3. The minimum atomic E-state index is -3.77. The SMILES string of the molecule is NCCOc1ccc(Nc2ccccc2S(N)(=O)=O)cc1. The van der Waals surface area contributed by atoms with E-state index in [1.54, 1.807) is 42.5 Å². The zero-order valence-corrected chi connectivity index (χ0v) is 12.1. The number of para-hydroxylation sites is 1. The van der Waals surface area contributed by atoms with Gasteiger partial charge in [-0.2, -0.15) is 0 Å². The molecular weight excluding hydrogens is 290 g/mol. The first-order valence-electron chi connectivity index (χ1n) is 6.32. The van der Waals surface area contributed by atoms with Crippen LogP contribution in [-0.2, 0) is 10.0 Å². The number of primary sulfonamides is 1. The average Bonchev–Trinajstić information content (AvgIpc) is 2.46. The molecule has 0 saturated heterocycles. The highest BCUT2D eigenvalue weighted by Crippen LogP contribution is 2.25. The molecule has 0 aliphatic rings. The van der Waals surface area contributed by atoms with Gasteiger partial charge in [0.05, 0.1) is 5.69 Å². The number of hydrogen-bond acceptors (Lipinski definition) is 5. The van der Waals surface area contributed by atoms with E-state index in [-0.39, 0.29) is 4.90 Å². The number of sulfonamides is 1. The Balaban J connectivity index is 2.19. The number of hydrogen-bond donors (Lipinski definition) is 3. The monoisotopic (exact) mass is 307 g/mol. The lowest BCUT2D eigenvalue weighted by Gasteiger charge is -2.11. The second-order valence-electron chi connectivity index (χ2n) is 4.33. The lowest BCUT2D eigenvalue weighted by Crippen LogP contribution is -2.14. The fourth-order valence-electron chi connectivity index (χ4n) is 1.78. The largest absolute Gasteiger partial charge is 0.492 e. The molecule has 0 aliphatic carbocycles. The molecule has 0 radical (unpaired) electrons. The van der Waals surface area contributed by atoms with E-state index in [1.807, 2.05) is 0 Å². The summed E-state index contributed by atoms with van der Waals surface area (Å²) in [6, 6.07) is 13.6. The summed E-state index contributed by atoms with van der Waals surface area (Å²) in [4.78, 5) is 0.0495. The third-order valence-corrected chi connectivity index (χ3v) is 3.68. The highest BCUT2D eigenvalue weighted by Gasteiger charge is 2.13. The highest BCUT2D eigenvalue weighted by molar-refractivity contribution is 7.89. The summed E-state index contributed by atoms with van der Waals surface area (Å²) < 4.78 is 28.4. The van der Waals surface area contributed by atoms with Crippen molar-refractivity contribution in [3.63, 3.8) is 0 Å². The number of nitrogens with one attached hydrogen (secondary N) is 1. The van der Waals surface area contributed by atoms with Crippen LogP contribution in [0.4, 0.5) is 11.4 Å². The molecule has 0 fully saturated rings. The van der Waals surface area contributed by atoms with E-state index in [0.29, 0.717) is 24.6 Å². The molecule has 0 unspecified atom stereocenters. The molecule has 0 atom stereocenters. The van der Waals surface area contributed by atoms with Gasteiger partial charge in [-0.25, -0.2) is 13.6 Å². The lowest BCUT2D eigenvalue weighted by molar-refractivity contribution is 0.328. The van der Waals surface area contributed by atoms with Gasteiger partial charge in [0.1, 0.15) is 17.3 Å². The third kappa shape index (κ3) is 4.19. The first kappa shape index (κ1) is 15.3. The van der Waals surface area contributed by atoms with E-state index >= 15 is 0 Å². The van der Waals surface area contributed by atoms with Crippen LogP contribution in [0.5, 0.6) is 5.75 Å². The quantitative estimate of drug-likeness (QED) is 0.748. The molecule has 6 nitrogen and oxygen atoms in total. The Kier molecular flexibility index (Phi) is 4.79. The Morgan fingerprint density at radius 1 is 1.05 bits per heavy atom. The molecule has 112 valence electrons. The maximum atomic E-state index is 11.5. The summed E-state index contributed by atoms with van der Waals surface area (Å²) in [7, 11) is -3.77. The van der Waals surface area contributed by atoms with Crippen molar-refractivity contribution in [2.75, 3.05) is 18.5 Å². The van der Waals surface area contributed by atoms with E-state index in [9.17, 15) is 8.42 Å². The van der Waals surface area contributed by atoms with Crippen molar-refractivity contribution in [2.45, 2.75) is 4.90 Å². The van der Waals surface area contributed by atoms with Crippen molar-refractivity contribution in [3.8, 4) is 5.75 Å². The average molecular weight is 307 g/mol. The predicted octanol–water partition coefficient (Wildman–Crippen LogP) is 1.42. The van der Waals surface area contributed by atoms with Crippen LogP contribution in [0.15, 0.2) is 53.4 Å². The number of rotatable bonds is 6. The van der Waals surface area contributed by atoms with Gasteiger partial charge in [0.25, 0.3) is 0 Å². The molecule has 5 N–H and O–H groups in total. The van der Waals surface area contributed by atoms with Crippen molar-refractivity contribution in [2.24, 2.45) is 10.9 Å². The van der Waals surface area contributed by atoms with Crippen LogP contribution in [0.2, 0.25) is 0 Å². The summed E-state index contributed by atoms with van der Waals surface area (Å²) in [5.74, 6) is 0.700. The van der Waals surface area contributed by atoms with Gasteiger partial charge < -0.3 is 15.8 Å². The van der Waals surface area contributed by atoms with Crippen LogP contribution in [0, 0.1) is 0 Å². The van der Waals surface area contributed by atoms with Crippen LogP contribution >= 0.6 is 0 Å². The Hall–Kier alpha value is -2.09. The van der Waals surface area contributed by atoms with Gasteiger partial charge in [0, 0.05) is 12.2 Å². The van der Waals surface area contributed by atoms with E-state index < -0.39 is 10.0 Å². The minimum absolute atomic E-state index is 0.0495. The predicted molar refractivity (Wildman–Crippen MR) is 82.1 cm³/mol. The zero-order valence-electron chi connectivity index (χ0n) is 11.3. The second-order valence-corrected chi connectivity index (χ2v) is 5.86. The summed E-state index contributed by atoms with van der Waals surface area (Å²) in [6.07, 6.45) is 0. The first-order valence-corrected chi connectivity index (χ1v) is 7.87. The molecule has 0 amide bonds. The van der Waals surface area contributed by atoms with E-state index in [1.165, 1.54) is 6.07 Å². The highest BCUT2D eigenvalue weighted by atomic mass is 32.2. The number of anilines is 2. The van der Waals surface area contributed by atoms with Gasteiger partial charge in [-0.3, -0.25) is 0 Å². The molecule has 2 aromatic rings. The lowest BCUT2D eigenvalue weighted by atomic mass is 10.2. The molecular formula is C14H17N3O3S. The van der Waals surface area contributed by atoms with E-state index in [0.717, 1.165) is 5.69 Å². The topological polar surface area (TPSA) is 107 Å². The van der Waals surface area contributed by atoms with Crippen LogP contribution in [0.25, 0.3) is 0 Å². The van der Waals surface area contributed by atoms with Crippen LogP contribution in [0.1, 0.15) is 0 Å². The Morgan fingerprint density at radius 2 is 1.71 bits per heavy atom. The number of benzene rings is 2. The molecule has 0 aliphatic heterocycles.